The SMILES string of the molecule is Fc1c(F)c(F)c(/C=C/c2ccc(Sc3ccc(/C=C/c4c(F)c(F)c(F)c(F)c4F)cc3)cc2)c(F)c1F. The maximum atomic E-state index is 13.8. The summed E-state index contributed by atoms with van der Waals surface area (Å²) >= 11 is 1.28. The predicted molar refractivity (Wildman–Crippen MR) is 127 cm³/mol. The van der Waals surface area contributed by atoms with E-state index in [0.717, 1.165) is 12.2 Å². The fraction of sp³-hybridized carbons (Fsp3) is 0. The molecule has 0 heterocycles. The van der Waals surface area contributed by atoms with Gasteiger partial charge in [-0.05, 0) is 47.5 Å². The van der Waals surface area contributed by atoms with Gasteiger partial charge in [-0.25, -0.2) is 43.9 Å². The van der Waals surface area contributed by atoms with Crippen LogP contribution in [0.1, 0.15) is 22.3 Å². The first-order chi connectivity index (χ1) is 18.5. The lowest BCUT2D eigenvalue weighted by molar-refractivity contribution is 0.377. The molecule has 0 saturated heterocycles. The molecule has 0 aliphatic heterocycles. The molecule has 0 spiro atoms. The number of rotatable bonds is 6. The van der Waals surface area contributed by atoms with E-state index in [-0.39, 0.29) is 0 Å². The minimum absolute atomic E-state index is 0.414. The highest BCUT2D eigenvalue weighted by Crippen LogP contribution is 2.30. The van der Waals surface area contributed by atoms with E-state index in [4.69, 9.17) is 0 Å². The molecule has 200 valence electrons. The maximum absolute atomic E-state index is 13.8. The van der Waals surface area contributed by atoms with E-state index in [2.05, 4.69) is 0 Å². The third-order valence-electron chi connectivity index (χ3n) is 5.37. The first kappa shape index (κ1) is 28.0. The van der Waals surface area contributed by atoms with Crippen molar-refractivity contribution in [3.05, 3.63) is 129 Å². The number of hydrogen-bond acceptors (Lipinski definition) is 1. The maximum Gasteiger partial charge on any atom is 0.200 e. The highest BCUT2D eigenvalue weighted by molar-refractivity contribution is 7.99. The molecular weight excluding hydrogens is 558 g/mol. The van der Waals surface area contributed by atoms with Crippen LogP contribution < -0.4 is 0 Å². The molecule has 0 aromatic heterocycles. The first-order valence-corrected chi connectivity index (χ1v) is 11.6. The Morgan fingerprint density at radius 2 is 0.590 bits per heavy atom. The lowest BCUT2D eigenvalue weighted by atomic mass is 10.1. The molecule has 11 heteroatoms. The van der Waals surface area contributed by atoms with Crippen LogP contribution >= 0.6 is 11.8 Å². The third-order valence-corrected chi connectivity index (χ3v) is 6.38. The zero-order valence-electron chi connectivity index (χ0n) is 19.1. The molecular formula is C28H12F10S. The molecule has 4 rings (SSSR count). The molecule has 0 atom stereocenters. The average molecular weight is 570 g/mol. The van der Waals surface area contributed by atoms with Crippen LogP contribution in [-0.2, 0) is 0 Å². The summed E-state index contributed by atoms with van der Waals surface area (Å²) in [7, 11) is 0. The summed E-state index contributed by atoms with van der Waals surface area (Å²) in [5.41, 5.74) is -1.31. The summed E-state index contributed by atoms with van der Waals surface area (Å²) in [6.07, 6.45) is 3.91. The summed E-state index contributed by atoms with van der Waals surface area (Å²) in [6.45, 7) is 0. The van der Waals surface area contributed by atoms with E-state index in [1.54, 1.807) is 48.5 Å². The van der Waals surface area contributed by atoms with Crippen LogP contribution in [0.5, 0.6) is 0 Å². The van der Waals surface area contributed by atoms with Gasteiger partial charge in [0.05, 0.1) is 11.1 Å². The van der Waals surface area contributed by atoms with Gasteiger partial charge in [-0.3, -0.25) is 0 Å². The molecule has 0 amide bonds. The minimum atomic E-state index is -2.24. The fourth-order valence-corrected chi connectivity index (χ4v) is 4.14. The van der Waals surface area contributed by atoms with Gasteiger partial charge in [0.1, 0.15) is 0 Å². The lowest BCUT2D eigenvalue weighted by Crippen LogP contribution is -2.03. The highest BCUT2D eigenvalue weighted by Gasteiger charge is 2.25. The van der Waals surface area contributed by atoms with Crippen LogP contribution in [-0.4, -0.2) is 0 Å². The van der Waals surface area contributed by atoms with Crippen molar-refractivity contribution in [1.29, 1.82) is 0 Å². The van der Waals surface area contributed by atoms with Gasteiger partial charge in [0.2, 0.25) is 11.6 Å². The Bertz CT molecular complexity index is 1430. The molecule has 0 aliphatic rings. The minimum Gasteiger partial charge on any atom is -0.203 e. The molecule has 0 saturated carbocycles. The Balaban J connectivity index is 1.45. The molecule has 0 unspecified atom stereocenters. The summed E-state index contributed by atoms with van der Waals surface area (Å²) in [5.74, 6) is -20.4. The van der Waals surface area contributed by atoms with Crippen LogP contribution in [0, 0.1) is 58.2 Å². The lowest BCUT2D eigenvalue weighted by Gasteiger charge is -2.05. The molecule has 0 nitrogen and oxygen atoms in total. The van der Waals surface area contributed by atoms with Crippen LogP contribution in [0.25, 0.3) is 24.3 Å². The van der Waals surface area contributed by atoms with Gasteiger partial charge >= 0.3 is 0 Å². The van der Waals surface area contributed by atoms with E-state index < -0.39 is 69.3 Å². The Kier molecular flexibility index (Phi) is 8.19. The topological polar surface area (TPSA) is 0 Å². The highest BCUT2D eigenvalue weighted by atomic mass is 32.2. The van der Waals surface area contributed by atoms with E-state index in [0.29, 0.717) is 20.9 Å². The largest absolute Gasteiger partial charge is 0.203 e. The average Bonchev–Trinajstić information content (AvgIpc) is 2.94. The van der Waals surface area contributed by atoms with Crippen molar-refractivity contribution < 1.29 is 43.9 Å². The number of benzene rings is 4. The molecule has 4 aromatic carbocycles. The van der Waals surface area contributed by atoms with Gasteiger partial charge < -0.3 is 0 Å². The molecule has 0 fully saturated rings. The van der Waals surface area contributed by atoms with Crippen molar-refractivity contribution in [2.45, 2.75) is 9.79 Å². The smallest absolute Gasteiger partial charge is 0.200 e. The van der Waals surface area contributed by atoms with Crippen molar-refractivity contribution in [2.75, 3.05) is 0 Å². The second-order valence-electron chi connectivity index (χ2n) is 7.87. The van der Waals surface area contributed by atoms with E-state index in [1.165, 1.54) is 23.9 Å². The Morgan fingerprint density at radius 3 is 0.872 bits per heavy atom. The third kappa shape index (κ3) is 5.73. The molecule has 0 radical (unpaired) electrons. The van der Waals surface area contributed by atoms with Crippen LogP contribution in [0.3, 0.4) is 0 Å². The first-order valence-electron chi connectivity index (χ1n) is 10.8. The second kappa shape index (κ2) is 11.4. The van der Waals surface area contributed by atoms with Crippen LogP contribution in [0.15, 0.2) is 58.3 Å². The van der Waals surface area contributed by atoms with E-state index >= 15 is 0 Å². The Labute approximate surface area is 218 Å². The van der Waals surface area contributed by atoms with Gasteiger partial charge in [0.25, 0.3) is 0 Å². The van der Waals surface area contributed by atoms with Crippen molar-refractivity contribution in [2.24, 2.45) is 0 Å². The van der Waals surface area contributed by atoms with Gasteiger partial charge in [0.15, 0.2) is 46.5 Å². The number of hydrogen-bond donors (Lipinski definition) is 0. The molecule has 0 aliphatic carbocycles. The Morgan fingerprint density at radius 1 is 0.333 bits per heavy atom. The summed E-state index contributed by atoms with van der Waals surface area (Å²) in [5, 5.41) is 0. The van der Waals surface area contributed by atoms with Crippen LogP contribution in [0.4, 0.5) is 43.9 Å². The number of halogens is 10. The molecule has 0 N–H and O–H groups in total. The normalized spacial score (nSPS) is 11.7. The summed E-state index contributed by atoms with van der Waals surface area (Å²) in [6, 6.07) is 12.7. The van der Waals surface area contributed by atoms with Crippen molar-refractivity contribution in [3.8, 4) is 0 Å². The van der Waals surface area contributed by atoms with Crippen molar-refractivity contribution in [3.63, 3.8) is 0 Å². The summed E-state index contributed by atoms with van der Waals surface area (Å²) in [4.78, 5) is 1.43. The zero-order chi connectivity index (χ0) is 28.4. The predicted octanol–water partition coefficient (Wildman–Crippen LogP) is 9.57. The van der Waals surface area contributed by atoms with Crippen LogP contribution in [0.2, 0.25) is 0 Å². The summed E-state index contributed by atoms with van der Waals surface area (Å²) < 4.78 is 135. The van der Waals surface area contributed by atoms with E-state index in [1.807, 2.05) is 0 Å². The molecule has 4 aromatic rings. The quantitative estimate of drug-likeness (QED) is 0.0963. The second-order valence-corrected chi connectivity index (χ2v) is 9.02. The van der Waals surface area contributed by atoms with E-state index in [9.17, 15) is 43.9 Å². The van der Waals surface area contributed by atoms with Gasteiger partial charge in [-0.2, -0.15) is 0 Å². The molecule has 0 bridgehead atoms. The van der Waals surface area contributed by atoms with Gasteiger partial charge in [-0.1, -0.05) is 48.2 Å². The monoisotopic (exact) mass is 570 g/mol. The Hall–Kier alpha value is -3.99. The standard InChI is InChI=1S/C28H12F10S/c29-19-17(20(30)24(34)27(37)23(19)33)11-5-13-1-7-15(8-2-13)39-16-9-3-14(4-10-16)6-12-18-21(31)25(35)28(38)26(36)22(18)32/h1-12H/b11-5+,12-6+. The zero-order valence-corrected chi connectivity index (χ0v) is 19.9. The van der Waals surface area contributed by atoms with Gasteiger partial charge in [0, 0.05) is 9.79 Å². The van der Waals surface area contributed by atoms with Crippen molar-refractivity contribution >= 4 is 36.1 Å². The molecule has 39 heavy (non-hydrogen) atoms. The fourth-order valence-electron chi connectivity index (χ4n) is 3.33. The van der Waals surface area contributed by atoms with Gasteiger partial charge in [-0.15, -0.1) is 0 Å². The van der Waals surface area contributed by atoms with Crippen molar-refractivity contribution in [1.82, 2.24) is 0 Å².